The van der Waals surface area contributed by atoms with Gasteiger partial charge in [0.2, 0.25) is 5.95 Å². The van der Waals surface area contributed by atoms with Crippen LogP contribution in [0.25, 0.3) is 0 Å². The molecular formula is C25H28N4O4. The molecule has 2 unspecified atom stereocenters. The second-order valence-corrected chi connectivity index (χ2v) is 8.16. The average molecular weight is 449 g/mol. The van der Waals surface area contributed by atoms with Crippen LogP contribution in [0.3, 0.4) is 0 Å². The molecular weight excluding hydrogens is 420 g/mol. The molecule has 0 aliphatic carbocycles. The first kappa shape index (κ1) is 22.5. The van der Waals surface area contributed by atoms with Crippen LogP contribution in [0, 0.1) is 5.92 Å². The Hall–Kier alpha value is -3.68. The summed E-state index contributed by atoms with van der Waals surface area (Å²) < 4.78 is 18.8. The number of hydrogen-bond donors (Lipinski definition) is 0. The first-order valence-corrected chi connectivity index (χ1v) is 11.0. The topological polar surface area (TPSA) is 87.8 Å². The smallest absolute Gasteiger partial charge is 0.317 e. The van der Waals surface area contributed by atoms with Crippen LogP contribution in [0.2, 0.25) is 0 Å². The molecule has 33 heavy (non-hydrogen) atoms. The molecule has 0 N–H and O–H groups in total. The summed E-state index contributed by atoms with van der Waals surface area (Å²) in [6.45, 7) is 5.99. The Morgan fingerprint density at radius 2 is 1.91 bits per heavy atom. The van der Waals surface area contributed by atoms with Crippen molar-refractivity contribution in [2.75, 3.05) is 13.7 Å². The molecule has 3 aromatic rings. The van der Waals surface area contributed by atoms with Crippen molar-refractivity contribution in [3.05, 3.63) is 66.0 Å². The van der Waals surface area contributed by atoms with E-state index in [0.29, 0.717) is 29.8 Å². The molecule has 2 heterocycles. The fourth-order valence-electron chi connectivity index (χ4n) is 3.97. The predicted octanol–water partition coefficient (Wildman–Crippen LogP) is 4.17. The number of esters is 1. The van der Waals surface area contributed by atoms with E-state index in [1.807, 2.05) is 57.2 Å². The summed E-state index contributed by atoms with van der Waals surface area (Å²) in [6.07, 6.45) is 1.99. The maximum Gasteiger partial charge on any atom is 0.317 e. The summed E-state index contributed by atoms with van der Waals surface area (Å²) in [5.74, 6) is 0.695. The highest BCUT2D eigenvalue weighted by Gasteiger charge is 2.40. The Kier molecular flexibility index (Phi) is 6.72. The lowest BCUT2D eigenvalue weighted by Gasteiger charge is -2.30. The number of benzene rings is 2. The van der Waals surface area contributed by atoms with Gasteiger partial charge in [-0.2, -0.15) is 10.1 Å². The molecule has 2 atom stereocenters. The molecule has 0 amide bonds. The number of fused-ring (bicyclic) bond motifs is 1. The molecule has 1 aromatic heterocycles. The van der Waals surface area contributed by atoms with E-state index in [0.717, 1.165) is 12.0 Å². The number of hydrogen-bond acceptors (Lipinski definition) is 7. The van der Waals surface area contributed by atoms with Crippen LogP contribution in [0.4, 0.5) is 5.95 Å². The number of carbonyl (C=O) groups excluding carboxylic acids is 1. The van der Waals surface area contributed by atoms with E-state index >= 15 is 0 Å². The van der Waals surface area contributed by atoms with Crippen LogP contribution >= 0.6 is 0 Å². The second-order valence-electron chi connectivity index (χ2n) is 8.16. The van der Waals surface area contributed by atoms with Crippen molar-refractivity contribution in [1.29, 1.82) is 0 Å². The van der Waals surface area contributed by atoms with Crippen LogP contribution in [0.5, 0.6) is 11.5 Å². The van der Waals surface area contributed by atoms with Gasteiger partial charge in [-0.15, -0.1) is 0 Å². The van der Waals surface area contributed by atoms with E-state index in [4.69, 9.17) is 14.2 Å². The highest BCUT2D eigenvalue weighted by molar-refractivity contribution is 6.03. The number of methoxy groups -OCH3 is 1. The Balaban J connectivity index is 1.61. The summed E-state index contributed by atoms with van der Waals surface area (Å²) >= 11 is 0. The van der Waals surface area contributed by atoms with E-state index in [-0.39, 0.29) is 12.1 Å². The molecule has 0 radical (unpaired) electrons. The highest BCUT2D eigenvalue weighted by atomic mass is 16.5. The fourth-order valence-corrected chi connectivity index (χ4v) is 3.97. The van der Waals surface area contributed by atoms with E-state index < -0.39 is 12.0 Å². The van der Waals surface area contributed by atoms with E-state index in [9.17, 15) is 4.79 Å². The number of aromatic nitrogens is 3. The van der Waals surface area contributed by atoms with Gasteiger partial charge in [0.25, 0.3) is 0 Å². The van der Waals surface area contributed by atoms with Crippen molar-refractivity contribution in [2.24, 2.45) is 10.9 Å². The van der Waals surface area contributed by atoms with Gasteiger partial charge in [-0.05, 0) is 44.0 Å². The van der Waals surface area contributed by atoms with Gasteiger partial charge in [-0.25, -0.2) is 9.67 Å². The molecule has 0 fully saturated rings. The zero-order chi connectivity index (χ0) is 23.4. The molecule has 1 aliphatic rings. The third-order valence-corrected chi connectivity index (χ3v) is 5.49. The lowest BCUT2D eigenvalue weighted by molar-refractivity contribution is -0.151. The van der Waals surface area contributed by atoms with E-state index in [2.05, 4.69) is 27.2 Å². The Labute approximate surface area is 193 Å². The number of rotatable bonds is 8. The van der Waals surface area contributed by atoms with Gasteiger partial charge in [0.15, 0.2) is 11.5 Å². The monoisotopic (exact) mass is 448 g/mol. The molecule has 2 aromatic carbocycles. The summed E-state index contributed by atoms with van der Waals surface area (Å²) in [6, 6.07) is 15.4. The number of ether oxygens (including phenoxy) is 3. The lowest BCUT2D eigenvalue weighted by atomic mass is 9.88. The minimum Gasteiger partial charge on any atom is -0.493 e. The minimum atomic E-state index is -0.629. The van der Waals surface area contributed by atoms with Gasteiger partial charge in [0.05, 0.1) is 25.9 Å². The van der Waals surface area contributed by atoms with Crippen LogP contribution in [0.1, 0.15) is 37.9 Å². The van der Waals surface area contributed by atoms with Crippen molar-refractivity contribution in [3.8, 4) is 11.5 Å². The first-order chi connectivity index (χ1) is 16.0. The zero-order valence-corrected chi connectivity index (χ0v) is 19.3. The Bertz CT molecular complexity index is 1140. The van der Waals surface area contributed by atoms with Gasteiger partial charge in [0, 0.05) is 12.1 Å². The molecule has 0 spiro atoms. The maximum absolute atomic E-state index is 13.0. The third kappa shape index (κ3) is 4.89. The molecule has 1 aliphatic heterocycles. The summed E-state index contributed by atoms with van der Waals surface area (Å²) in [4.78, 5) is 21.7. The SMILES string of the molecule is COc1cc(C2C(C(=O)OC(C)C)C(C)=Nc3ncnn32)ccc1OCCc1ccccc1. The van der Waals surface area contributed by atoms with Crippen molar-refractivity contribution in [1.82, 2.24) is 14.8 Å². The molecule has 8 heteroatoms. The fraction of sp³-hybridized carbons (Fsp3) is 0.360. The summed E-state index contributed by atoms with van der Waals surface area (Å²) in [5.41, 5.74) is 2.66. The normalized spacial score (nSPS) is 17.3. The molecule has 0 saturated carbocycles. The van der Waals surface area contributed by atoms with Gasteiger partial charge in [-0.3, -0.25) is 4.79 Å². The molecule has 4 rings (SSSR count). The van der Waals surface area contributed by atoms with Crippen molar-refractivity contribution in [3.63, 3.8) is 0 Å². The molecule has 0 bridgehead atoms. The zero-order valence-electron chi connectivity index (χ0n) is 19.3. The minimum absolute atomic E-state index is 0.238. The molecule has 172 valence electrons. The van der Waals surface area contributed by atoms with Crippen molar-refractivity contribution >= 4 is 17.6 Å². The van der Waals surface area contributed by atoms with Crippen molar-refractivity contribution in [2.45, 2.75) is 39.3 Å². The number of carbonyl (C=O) groups is 1. The maximum atomic E-state index is 13.0. The largest absolute Gasteiger partial charge is 0.493 e. The van der Waals surface area contributed by atoms with Crippen molar-refractivity contribution < 1.29 is 19.0 Å². The molecule has 8 nitrogen and oxygen atoms in total. The van der Waals surface area contributed by atoms with Crippen LogP contribution in [0.15, 0.2) is 59.9 Å². The van der Waals surface area contributed by atoms with Gasteiger partial charge < -0.3 is 14.2 Å². The van der Waals surface area contributed by atoms with Gasteiger partial charge in [-0.1, -0.05) is 36.4 Å². The number of aliphatic imine (C=N–C) groups is 1. The first-order valence-electron chi connectivity index (χ1n) is 11.0. The highest BCUT2D eigenvalue weighted by Crippen LogP contribution is 2.39. The van der Waals surface area contributed by atoms with Crippen LogP contribution in [-0.2, 0) is 16.0 Å². The lowest BCUT2D eigenvalue weighted by Crippen LogP contribution is -2.37. The Morgan fingerprint density at radius 1 is 1.12 bits per heavy atom. The average Bonchev–Trinajstić information content (AvgIpc) is 3.26. The van der Waals surface area contributed by atoms with Crippen LogP contribution < -0.4 is 9.47 Å². The quantitative estimate of drug-likeness (QED) is 0.481. The van der Waals surface area contributed by atoms with E-state index in [1.165, 1.54) is 11.9 Å². The van der Waals surface area contributed by atoms with Gasteiger partial charge in [0.1, 0.15) is 12.2 Å². The summed E-state index contributed by atoms with van der Waals surface area (Å²) in [5, 5.41) is 4.34. The standard InChI is InChI=1S/C25H28N4O4/c1-16(2)33-24(30)22-17(3)28-25-26-15-27-29(25)23(22)19-10-11-20(21(14-19)31-4)32-13-12-18-8-6-5-7-9-18/h5-11,14-16,22-23H,12-13H2,1-4H3. The Morgan fingerprint density at radius 3 is 2.64 bits per heavy atom. The second kappa shape index (κ2) is 9.85. The third-order valence-electron chi connectivity index (χ3n) is 5.49. The summed E-state index contributed by atoms with van der Waals surface area (Å²) in [7, 11) is 1.60. The van der Waals surface area contributed by atoms with Crippen LogP contribution in [-0.4, -0.2) is 46.3 Å². The molecule has 0 saturated heterocycles. The van der Waals surface area contributed by atoms with E-state index in [1.54, 1.807) is 11.8 Å². The van der Waals surface area contributed by atoms with Gasteiger partial charge >= 0.3 is 5.97 Å². The number of nitrogens with zero attached hydrogens (tertiary/aromatic N) is 4. The predicted molar refractivity (Wildman–Crippen MR) is 124 cm³/mol.